The first-order valence-electron chi connectivity index (χ1n) is 11.3. The molecule has 0 aromatic carbocycles. The van der Waals surface area contributed by atoms with Gasteiger partial charge in [-0.2, -0.15) is 19.3 Å². The smallest absolute Gasteiger partial charge is 0.0842 e. The molecule has 173 valence electrons. The molecule has 0 N–H and O–H groups in total. The molecule has 3 saturated carbocycles. The summed E-state index contributed by atoms with van der Waals surface area (Å²) >= 11 is 0. The normalized spacial score (nSPS) is 35.1. The van der Waals surface area contributed by atoms with E-state index in [-0.39, 0.29) is 44.9 Å². The van der Waals surface area contributed by atoms with E-state index in [0.29, 0.717) is 5.41 Å². The van der Waals surface area contributed by atoms with Crippen molar-refractivity contribution in [3.63, 3.8) is 0 Å². The summed E-state index contributed by atoms with van der Waals surface area (Å²) in [6.45, 7) is 9.08. The van der Waals surface area contributed by atoms with Crippen LogP contribution in [-0.2, 0) is 47.0 Å². The molecule has 31 heavy (non-hydrogen) atoms. The topological polar surface area (TPSA) is 38.8 Å². The molecule has 5 atom stereocenters. The zero-order valence-electron chi connectivity index (χ0n) is 20.4. The molecule has 1 radical (unpaired) electrons. The molecule has 4 unspecified atom stereocenters. The summed E-state index contributed by atoms with van der Waals surface area (Å²) in [5, 5.41) is 0. The maximum Gasteiger partial charge on any atom is 0.0842 e. The Bertz CT molecular complexity index is 657. The number of fused-ring (bicyclic) bond motifs is 1. The Morgan fingerprint density at radius 2 is 1.90 bits per heavy atom. The van der Waals surface area contributed by atoms with Crippen molar-refractivity contribution in [2.24, 2.45) is 17.3 Å². The molecule has 0 bridgehead atoms. The summed E-state index contributed by atoms with van der Waals surface area (Å²) in [5.74, 6) is 1.54. The van der Waals surface area contributed by atoms with Gasteiger partial charge in [0.2, 0.25) is 0 Å². The maximum atomic E-state index is 9.31. The Balaban J connectivity index is 0.000000721. The van der Waals surface area contributed by atoms with Crippen LogP contribution in [-0.4, -0.2) is 51.8 Å². The second-order valence-corrected chi connectivity index (χ2v) is 9.40. The van der Waals surface area contributed by atoms with Gasteiger partial charge < -0.3 is 25.6 Å². The predicted molar refractivity (Wildman–Crippen MR) is 124 cm³/mol. The van der Waals surface area contributed by atoms with E-state index in [2.05, 4.69) is 39.0 Å². The molecule has 3 aliphatic rings. The number of allylic oxidation sites excluding steroid dienone is 3. The predicted octanol–water partition coefficient (Wildman–Crippen LogP) is 5.27. The van der Waals surface area contributed by atoms with Gasteiger partial charge in [0.25, 0.3) is 0 Å². The number of nitrogens with zero attached hydrogens (tertiary/aromatic N) is 1. The van der Waals surface area contributed by atoms with Crippen molar-refractivity contribution in [1.29, 1.82) is 0 Å². The number of rotatable bonds is 5. The fraction of sp³-hybridized carbons (Fsp3) is 0.692. The van der Waals surface area contributed by atoms with E-state index >= 15 is 0 Å². The van der Waals surface area contributed by atoms with E-state index in [1.165, 1.54) is 42.6 Å². The second kappa shape index (κ2) is 13.4. The molecule has 3 rings (SSSR count). The van der Waals surface area contributed by atoms with E-state index in [9.17, 15) is 4.79 Å². The van der Waals surface area contributed by atoms with Gasteiger partial charge >= 0.3 is 0 Å². The quantitative estimate of drug-likeness (QED) is 0.378. The first kappa shape index (κ1) is 28.7. The van der Waals surface area contributed by atoms with Crippen LogP contribution in [0.5, 0.6) is 0 Å². The summed E-state index contributed by atoms with van der Waals surface area (Å²) in [6.07, 6.45) is 17.7. The molecule has 4 nitrogen and oxygen atoms in total. The number of hydrogen-bond donors (Lipinski definition) is 0. The van der Waals surface area contributed by atoms with Gasteiger partial charge in [-0.1, -0.05) is 43.1 Å². The van der Waals surface area contributed by atoms with Crippen molar-refractivity contribution < 1.29 is 47.0 Å². The van der Waals surface area contributed by atoms with E-state index in [1.54, 1.807) is 40.3 Å². The van der Waals surface area contributed by atoms with E-state index < -0.39 is 0 Å². The first-order valence-corrected chi connectivity index (χ1v) is 11.3. The van der Waals surface area contributed by atoms with E-state index in [1.807, 2.05) is 0 Å². The number of methoxy groups -OCH3 is 2. The monoisotopic (exact) mass is 504 g/mol. The number of carbonyl (C=O) groups excluding carboxylic acids is 1. The summed E-state index contributed by atoms with van der Waals surface area (Å²) in [6, 6.07) is 0. The van der Waals surface area contributed by atoms with Gasteiger partial charge in [-0.05, 0) is 63.3 Å². The van der Waals surface area contributed by atoms with Crippen molar-refractivity contribution in [2.45, 2.75) is 71.0 Å². The fourth-order valence-corrected chi connectivity index (χ4v) is 5.68. The number of ether oxygens (including phenoxy) is 2. The minimum atomic E-state index is 0. The summed E-state index contributed by atoms with van der Waals surface area (Å²) in [4.78, 5) is 10.6. The Hall–Kier alpha value is -0.286. The summed E-state index contributed by atoms with van der Waals surface area (Å²) in [7, 11) is 6.84. The maximum absolute atomic E-state index is 9.31. The molecule has 0 aromatic heterocycles. The van der Waals surface area contributed by atoms with Crippen LogP contribution in [0.4, 0.5) is 0 Å². The average molecular weight is 505 g/mol. The van der Waals surface area contributed by atoms with E-state index in [4.69, 9.17) is 9.47 Å². The van der Waals surface area contributed by atoms with Gasteiger partial charge in [0, 0.05) is 53.3 Å². The van der Waals surface area contributed by atoms with Gasteiger partial charge in [-0.25, -0.2) is 0 Å². The standard InChI is InChI=1S/C23H35O2.C3H6NO.Y/c1-6-19-11-12-21-17(8-7-13-23(19,21)3)9-10-18-14-20(24-4)15-22(25-5)16(18)2;1-4(2)3-5;/h6,9-10,19-22H,2,7-8,11-15H2,1,3-5H3;1-2H3;/q2*-1;/b17-9+,18-10+;;/t19?,20?,21?,22?,23-;;/m1../s1. The third-order valence-electron chi connectivity index (χ3n) is 7.46. The third-order valence-corrected chi connectivity index (χ3v) is 7.46. The molecule has 0 heterocycles. The van der Waals surface area contributed by atoms with Crippen molar-refractivity contribution in [1.82, 2.24) is 4.90 Å². The van der Waals surface area contributed by atoms with Gasteiger partial charge in [0.1, 0.15) is 0 Å². The van der Waals surface area contributed by atoms with Crippen LogP contribution in [0.2, 0.25) is 0 Å². The van der Waals surface area contributed by atoms with E-state index in [0.717, 1.165) is 30.3 Å². The molecule has 0 spiro atoms. The zero-order chi connectivity index (χ0) is 22.3. The Morgan fingerprint density at radius 3 is 2.45 bits per heavy atom. The van der Waals surface area contributed by atoms with Crippen LogP contribution in [0, 0.1) is 23.7 Å². The van der Waals surface area contributed by atoms with Crippen molar-refractivity contribution >= 4 is 6.41 Å². The van der Waals surface area contributed by atoms with Crippen LogP contribution < -0.4 is 0 Å². The fourth-order valence-electron chi connectivity index (χ4n) is 5.68. The third kappa shape index (κ3) is 7.10. The van der Waals surface area contributed by atoms with Gasteiger partial charge in [-0.3, -0.25) is 0 Å². The van der Waals surface area contributed by atoms with Crippen LogP contribution in [0.15, 0.2) is 35.5 Å². The molecule has 1 amide bonds. The summed E-state index contributed by atoms with van der Waals surface area (Å²) < 4.78 is 11.2. The van der Waals surface area contributed by atoms with Gasteiger partial charge in [0.05, 0.1) is 12.2 Å². The molecule has 0 aliphatic heterocycles. The van der Waals surface area contributed by atoms with Crippen LogP contribution >= 0.6 is 0 Å². The molecule has 3 fully saturated rings. The Labute approximate surface area is 215 Å². The molecule has 5 heteroatoms. The molecular weight excluding hydrogens is 463 g/mol. The molecule has 0 saturated heterocycles. The second-order valence-electron chi connectivity index (χ2n) is 9.40. The molecule has 0 aromatic rings. The van der Waals surface area contributed by atoms with Crippen molar-refractivity contribution in [3.8, 4) is 0 Å². The minimum absolute atomic E-state index is 0. The van der Waals surface area contributed by atoms with Gasteiger partial charge in [-0.15, -0.1) is 0 Å². The number of amides is 1. The average Bonchev–Trinajstić information content (AvgIpc) is 3.10. The van der Waals surface area contributed by atoms with Crippen molar-refractivity contribution in [3.05, 3.63) is 41.9 Å². The first-order chi connectivity index (χ1) is 14.3. The Morgan fingerprint density at radius 1 is 1.23 bits per heavy atom. The van der Waals surface area contributed by atoms with Crippen LogP contribution in [0.3, 0.4) is 0 Å². The summed E-state index contributed by atoms with van der Waals surface area (Å²) in [5.41, 5.74) is 4.58. The molecule has 3 aliphatic carbocycles. The molecular formula is C26H41NO3Y-2. The SMILES string of the molecule is C=C1/C(=C/C=C2\CCC[C@]3(C)C([CH-]C)CCC23)CC(OC)CC1OC.CN(C)[C-]=O.[Y]. The van der Waals surface area contributed by atoms with Gasteiger partial charge in [0.15, 0.2) is 0 Å². The largest absolute Gasteiger partial charge is 0.522 e. The number of hydrogen-bond acceptors (Lipinski definition) is 3. The van der Waals surface area contributed by atoms with Crippen LogP contribution in [0.25, 0.3) is 0 Å². The van der Waals surface area contributed by atoms with Crippen LogP contribution in [0.1, 0.15) is 58.8 Å². The zero-order valence-corrected chi connectivity index (χ0v) is 23.3. The van der Waals surface area contributed by atoms with Crippen molar-refractivity contribution in [2.75, 3.05) is 28.3 Å². The Kier molecular flexibility index (Phi) is 12.5. The minimum Gasteiger partial charge on any atom is -0.522 e.